The van der Waals surface area contributed by atoms with Gasteiger partial charge in [-0.2, -0.15) is 0 Å². The van der Waals surface area contributed by atoms with Gasteiger partial charge in [-0.05, 0) is 214 Å². The van der Waals surface area contributed by atoms with Gasteiger partial charge in [0, 0.05) is 10.8 Å². The van der Waals surface area contributed by atoms with E-state index >= 15 is 0 Å². The van der Waals surface area contributed by atoms with Crippen molar-refractivity contribution in [2.45, 2.75) is 205 Å². The third-order valence-electron chi connectivity index (χ3n) is 24.8. The minimum atomic E-state index is -0.826. The quantitative estimate of drug-likeness (QED) is 0.0775. The van der Waals surface area contributed by atoms with Gasteiger partial charge in [-0.3, -0.25) is 0 Å². The van der Waals surface area contributed by atoms with Gasteiger partial charge in [0.25, 0.3) is 0 Å². The van der Waals surface area contributed by atoms with Gasteiger partial charge in [-0.15, -0.1) is 0 Å². The molecule has 0 amide bonds. The summed E-state index contributed by atoms with van der Waals surface area (Å²) in [6.45, 7) is 38.3. The fraction of sp³-hybridized carbons (Fsp3) is 0.527. The van der Waals surface area contributed by atoms with Crippen molar-refractivity contribution in [1.29, 1.82) is 0 Å². The van der Waals surface area contributed by atoms with Crippen molar-refractivity contribution in [1.82, 2.24) is 0 Å². The summed E-state index contributed by atoms with van der Waals surface area (Å²) in [6.07, 6.45) is 48.8. The summed E-state index contributed by atoms with van der Waals surface area (Å²) in [5.41, 5.74) is 15.7. The first-order valence-corrected chi connectivity index (χ1v) is 43.6. The van der Waals surface area contributed by atoms with Crippen molar-refractivity contribution in [2.75, 3.05) is 0 Å². The predicted molar refractivity (Wildman–Crippen MR) is 417 cm³/mol. The topological polar surface area (TPSA) is 0 Å². The zero-order valence-electron chi connectivity index (χ0n) is 63.0. The van der Waals surface area contributed by atoms with Gasteiger partial charge in [0.05, 0.1) is 0 Å². The Bertz CT molecular complexity index is 3010. The van der Waals surface area contributed by atoms with Crippen LogP contribution in [0.25, 0.3) is 0 Å². The molecule has 12 unspecified atom stereocenters. The molecule has 3 heteroatoms. The number of halogens is 2. The van der Waals surface area contributed by atoms with Gasteiger partial charge in [0.1, 0.15) is 0 Å². The number of rotatable bonds is 16. The Balaban J connectivity index is 0.00000142. The van der Waals surface area contributed by atoms with E-state index in [-0.39, 0.29) is 47.3 Å². The van der Waals surface area contributed by atoms with Gasteiger partial charge < -0.3 is 14.9 Å². The summed E-state index contributed by atoms with van der Waals surface area (Å²) in [4.78, 5) is 0. The van der Waals surface area contributed by atoms with Crippen LogP contribution in [-0.2, 0) is 31.7 Å². The van der Waals surface area contributed by atoms with Gasteiger partial charge in [0.2, 0.25) is 0 Å². The van der Waals surface area contributed by atoms with Crippen LogP contribution in [0.15, 0.2) is 228 Å². The van der Waals surface area contributed by atoms with Crippen LogP contribution in [0.5, 0.6) is 0 Å². The average Bonchev–Trinajstić information content (AvgIpc) is 1.51. The number of hydrogen-bond acceptors (Lipinski definition) is 0. The van der Waals surface area contributed by atoms with Gasteiger partial charge in [-0.25, -0.2) is 0 Å². The van der Waals surface area contributed by atoms with Crippen LogP contribution >= 0.6 is 17.0 Å². The normalized spacial score (nSPS) is 28.4. The Kier molecular flexibility index (Phi) is 26.5. The van der Waals surface area contributed by atoms with Gasteiger partial charge >= 0.3 is 37.9 Å². The maximum atomic E-state index is 4.93. The molecule has 12 rings (SSSR count). The second kappa shape index (κ2) is 32.8. The molecule has 4 saturated carbocycles. The van der Waals surface area contributed by atoms with Crippen molar-refractivity contribution in [3.05, 3.63) is 265 Å². The molecule has 0 nitrogen and oxygen atoms in total. The Hall–Kier alpha value is -4.00. The first-order valence-electron chi connectivity index (χ1n) is 37.3. The molecule has 0 heterocycles. The van der Waals surface area contributed by atoms with Crippen LogP contribution in [0.1, 0.15) is 217 Å². The van der Waals surface area contributed by atoms with E-state index in [1.807, 2.05) is 0 Å². The van der Waals surface area contributed by atoms with E-state index in [1.165, 1.54) is 106 Å². The Morgan fingerprint density at radius 3 is 0.823 bits per heavy atom. The van der Waals surface area contributed by atoms with E-state index < -0.39 is 20.8 Å². The van der Waals surface area contributed by atoms with E-state index in [0.29, 0.717) is 71.0 Å². The third-order valence-corrected chi connectivity index (χ3v) is 24.8. The summed E-state index contributed by atoms with van der Waals surface area (Å²) in [5.74, 6) is 7.34. The van der Waals surface area contributed by atoms with Crippen LogP contribution in [0.2, 0.25) is 0 Å². The minimum absolute atomic E-state index is 0. The number of hydrogen-bond donors (Lipinski definition) is 0. The number of benzene rings is 4. The van der Waals surface area contributed by atoms with Crippen molar-refractivity contribution in [2.24, 2.45) is 105 Å². The summed E-state index contributed by atoms with van der Waals surface area (Å²) in [7, 11) is 9.87. The standard InChI is InChI=1S/C88H112.C3H8.2CH3.2ClH.Zr/c1-59(29-27-31-61-41-43-71(53-61)87(63-33-19-15-20-34-63,64-35-21-16-22-36-64)81-77-55-67(83(3,4)5)45-49-73(77)74-50-46-68(56-78(74)81)84(6,7)8)60(2)30-28-32-62-42-44-72(54-62)88(65-37-23-17-24-38-65,66-39-25-18-26-40-66)82-79-57-69(85(9,10)11)47-51-75(79)76-52-48-70(58-80(76)82)86(12,13)14;1-3-2;;;;;/h15-26,33-40,45-52,55-58,61-62,71-82H,27-32,41-44,53-54H2,1-14H3;3H2,1-2H3;2*1H3;2*1H;/q;;2*-1;;;+4/p-2/b60-59+;;;;;;. The van der Waals surface area contributed by atoms with E-state index in [9.17, 15) is 0 Å². The monoisotopic (exact) mass is 1400 g/mol. The molecule has 0 N–H and O–H groups in total. The summed E-state index contributed by atoms with van der Waals surface area (Å²) in [5, 5.41) is 0. The van der Waals surface area contributed by atoms with Crippen molar-refractivity contribution in [3.8, 4) is 0 Å². The molecule has 516 valence electrons. The predicted octanol–water partition coefficient (Wildman–Crippen LogP) is 27.5. The molecule has 4 fully saturated rings. The van der Waals surface area contributed by atoms with E-state index in [0.717, 1.165) is 11.8 Å². The Labute approximate surface area is 607 Å². The van der Waals surface area contributed by atoms with E-state index in [2.05, 4.69) is 305 Å². The molecule has 0 spiro atoms. The molecule has 0 radical (unpaired) electrons. The van der Waals surface area contributed by atoms with Crippen LogP contribution in [0.4, 0.5) is 0 Å². The third kappa shape index (κ3) is 16.2. The fourth-order valence-electron chi connectivity index (χ4n) is 20.2. The van der Waals surface area contributed by atoms with E-state index in [4.69, 9.17) is 17.0 Å². The van der Waals surface area contributed by atoms with E-state index in [1.54, 1.807) is 33.4 Å². The SMILES string of the molecule is C/C(CCCC1CCC(C(c2ccccc2)(c2ccccc2)C2C3C=C(C(C)(C)C)C=CC3C3C=CC(C(C)(C)C)=CC32)C1)=C(/C)CCCC1CCC(C(c2ccccc2)(c2ccccc2)C2C3C=C(C(C)(C)C)C=CC3C3C=CC(C(C)(C)C)=CC32)C1.CCC.[CH3-].[CH3-].[Cl][Zr+2][Cl]. The van der Waals surface area contributed by atoms with Crippen LogP contribution in [0, 0.1) is 119 Å². The molecule has 0 saturated heterocycles. The first-order chi connectivity index (χ1) is 44.8. The van der Waals surface area contributed by atoms with Gasteiger partial charge in [0.15, 0.2) is 0 Å². The molecule has 0 aliphatic heterocycles. The molecular weight excluding hydrogens is 1280 g/mol. The molecule has 4 aromatic rings. The second-order valence-electron chi connectivity index (χ2n) is 34.7. The molecule has 8 aliphatic rings. The van der Waals surface area contributed by atoms with Crippen LogP contribution < -0.4 is 0 Å². The van der Waals surface area contributed by atoms with Crippen LogP contribution in [0.3, 0.4) is 0 Å². The molecule has 4 aromatic carbocycles. The molecule has 0 aromatic heterocycles. The van der Waals surface area contributed by atoms with Crippen molar-refractivity contribution < 1.29 is 20.8 Å². The zero-order valence-corrected chi connectivity index (χ0v) is 67.0. The molecule has 0 bridgehead atoms. The molecular formula is C93H126Cl2Zr. The fourth-order valence-corrected chi connectivity index (χ4v) is 20.2. The molecule has 8 aliphatic carbocycles. The summed E-state index contributed by atoms with van der Waals surface area (Å²) < 4.78 is 0. The van der Waals surface area contributed by atoms with Crippen LogP contribution in [-0.4, -0.2) is 0 Å². The van der Waals surface area contributed by atoms with Gasteiger partial charge in [-0.1, -0.05) is 334 Å². The maximum absolute atomic E-state index is 4.93. The second-order valence-corrected chi connectivity index (χ2v) is 38.4. The molecule has 96 heavy (non-hydrogen) atoms. The number of allylic oxidation sites excluding steroid dienone is 18. The van der Waals surface area contributed by atoms with Crippen molar-refractivity contribution >= 4 is 17.0 Å². The molecule has 12 atom stereocenters. The zero-order chi connectivity index (χ0) is 67.4. The summed E-state index contributed by atoms with van der Waals surface area (Å²) >= 11 is -0.826. The summed E-state index contributed by atoms with van der Waals surface area (Å²) in [6, 6.07) is 48.1. The Morgan fingerprint density at radius 2 is 0.604 bits per heavy atom. The Morgan fingerprint density at radius 1 is 0.375 bits per heavy atom. The van der Waals surface area contributed by atoms with Crippen molar-refractivity contribution in [3.63, 3.8) is 0 Å². The average molecular weight is 1410 g/mol. The number of fused-ring (bicyclic) bond motifs is 6. The first kappa shape index (κ1) is 77.7.